The SMILES string of the molecule is COc1ccc(N)c(C(=O)NCC(O)CC(C)(C)C)c1. The molecule has 1 unspecified atom stereocenters. The summed E-state index contributed by atoms with van der Waals surface area (Å²) < 4.78 is 5.07. The summed E-state index contributed by atoms with van der Waals surface area (Å²) in [5, 5.41) is 12.6. The van der Waals surface area contributed by atoms with Crippen LogP contribution in [0.1, 0.15) is 37.6 Å². The standard InChI is InChI=1S/C15H24N2O3/c1-15(2,3)8-10(18)9-17-14(19)12-7-11(20-4)5-6-13(12)16/h5-7,10,18H,8-9,16H2,1-4H3,(H,17,19). The van der Waals surface area contributed by atoms with Crippen molar-refractivity contribution in [3.8, 4) is 5.75 Å². The van der Waals surface area contributed by atoms with E-state index in [4.69, 9.17) is 10.5 Å². The molecule has 4 N–H and O–H groups in total. The molecular formula is C15H24N2O3. The summed E-state index contributed by atoms with van der Waals surface area (Å²) >= 11 is 0. The molecule has 20 heavy (non-hydrogen) atoms. The normalized spacial score (nSPS) is 12.8. The van der Waals surface area contributed by atoms with Crippen LogP contribution in [0, 0.1) is 5.41 Å². The molecule has 1 aromatic rings. The third-order valence-electron chi connectivity index (χ3n) is 2.85. The number of benzene rings is 1. The second-order valence-corrected chi connectivity index (χ2v) is 6.08. The van der Waals surface area contributed by atoms with E-state index in [1.807, 2.05) is 20.8 Å². The topological polar surface area (TPSA) is 84.6 Å². The lowest BCUT2D eigenvalue weighted by Gasteiger charge is -2.22. The van der Waals surface area contributed by atoms with Crippen molar-refractivity contribution in [1.82, 2.24) is 5.32 Å². The summed E-state index contributed by atoms with van der Waals surface area (Å²) in [4.78, 5) is 12.0. The second kappa shape index (κ2) is 6.61. The first-order valence-corrected chi connectivity index (χ1v) is 6.63. The Bertz CT molecular complexity index is 467. The van der Waals surface area contributed by atoms with Crippen molar-refractivity contribution < 1.29 is 14.6 Å². The number of hydrogen-bond acceptors (Lipinski definition) is 4. The van der Waals surface area contributed by atoms with Crippen LogP contribution in [0.3, 0.4) is 0 Å². The summed E-state index contributed by atoms with van der Waals surface area (Å²) in [6, 6.07) is 4.90. The van der Waals surface area contributed by atoms with Gasteiger partial charge >= 0.3 is 0 Å². The zero-order valence-corrected chi connectivity index (χ0v) is 12.6. The number of amides is 1. The van der Waals surface area contributed by atoms with Crippen LogP contribution in [0.15, 0.2) is 18.2 Å². The summed E-state index contributed by atoms with van der Waals surface area (Å²) in [6.45, 7) is 6.32. The smallest absolute Gasteiger partial charge is 0.253 e. The highest BCUT2D eigenvalue weighted by Gasteiger charge is 2.18. The molecule has 5 nitrogen and oxygen atoms in total. The molecule has 112 valence electrons. The molecule has 0 aliphatic carbocycles. The van der Waals surface area contributed by atoms with Crippen LogP contribution in [0.4, 0.5) is 5.69 Å². The molecule has 1 atom stereocenters. The Morgan fingerprint density at radius 1 is 1.45 bits per heavy atom. The van der Waals surface area contributed by atoms with Gasteiger partial charge in [0.25, 0.3) is 5.91 Å². The monoisotopic (exact) mass is 280 g/mol. The molecule has 0 heterocycles. The molecule has 0 aliphatic heterocycles. The van der Waals surface area contributed by atoms with E-state index >= 15 is 0 Å². The molecule has 1 amide bonds. The first-order valence-electron chi connectivity index (χ1n) is 6.63. The molecular weight excluding hydrogens is 256 g/mol. The van der Waals surface area contributed by atoms with Crippen molar-refractivity contribution in [1.29, 1.82) is 0 Å². The predicted molar refractivity (Wildman–Crippen MR) is 79.8 cm³/mol. The molecule has 0 bridgehead atoms. The van der Waals surface area contributed by atoms with Crippen molar-refractivity contribution in [2.75, 3.05) is 19.4 Å². The molecule has 1 aromatic carbocycles. The Kier molecular flexibility index (Phi) is 5.39. The van der Waals surface area contributed by atoms with Crippen LogP contribution < -0.4 is 15.8 Å². The fourth-order valence-electron chi connectivity index (χ4n) is 1.94. The minimum absolute atomic E-state index is 0.0130. The average molecular weight is 280 g/mol. The van der Waals surface area contributed by atoms with E-state index < -0.39 is 6.10 Å². The van der Waals surface area contributed by atoms with Crippen molar-refractivity contribution in [2.45, 2.75) is 33.3 Å². The van der Waals surface area contributed by atoms with E-state index in [-0.39, 0.29) is 17.9 Å². The van der Waals surface area contributed by atoms with Crippen molar-refractivity contribution in [2.24, 2.45) is 5.41 Å². The average Bonchev–Trinajstić information content (AvgIpc) is 2.34. The third kappa shape index (κ3) is 5.09. The lowest BCUT2D eigenvalue weighted by molar-refractivity contribution is 0.0869. The summed E-state index contributed by atoms with van der Waals surface area (Å²) in [5.74, 6) is 0.258. The van der Waals surface area contributed by atoms with Crippen LogP contribution in [-0.4, -0.2) is 30.8 Å². The van der Waals surface area contributed by atoms with Gasteiger partial charge in [-0.25, -0.2) is 0 Å². The second-order valence-electron chi connectivity index (χ2n) is 6.08. The number of methoxy groups -OCH3 is 1. The minimum Gasteiger partial charge on any atom is -0.497 e. The van der Waals surface area contributed by atoms with Gasteiger partial charge in [-0.2, -0.15) is 0 Å². The van der Waals surface area contributed by atoms with Crippen LogP contribution >= 0.6 is 0 Å². The number of aliphatic hydroxyl groups is 1. The zero-order chi connectivity index (χ0) is 15.3. The van der Waals surface area contributed by atoms with Gasteiger partial charge < -0.3 is 20.9 Å². The number of nitrogens with one attached hydrogen (secondary N) is 1. The Labute approximate surface area is 120 Å². The van der Waals surface area contributed by atoms with E-state index in [9.17, 15) is 9.90 Å². The Morgan fingerprint density at radius 2 is 2.10 bits per heavy atom. The number of carbonyl (C=O) groups excluding carboxylic acids is 1. The summed E-state index contributed by atoms with van der Waals surface area (Å²) in [6.07, 6.45) is 0.0340. The number of anilines is 1. The van der Waals surface area contributed by atoms with Crippen LogP contribution in [-0.2, 0) is 0 Å². The molecule has 1 rings (SSSR count). The van der Waals surface area contributed by atoms with Gasteiger partial charge in [0.05, 0.1) is 18.8 Å². The predicted octanol–water partition coefficient (Wildman–Crippen LogP) is 1.80. The van der Waals surface area contributed by atoms with E-state index in [2.05, 4.69) is 5.32 Å². The fourth-order valence-corrected chi connectivity index (χ4v) is 1.94. The van der Waals surface area contributed by atoms with Gasteiger partial charge in [-0.3, -0.25) is 4.79 Å². The van der Waals surface area contributed by atoms with Crippen LogP contribution in [0.25, 0.3) is 0 Å². The lowest BCUT2D eigenvalue weighted by Crippen LogP contribution is -2.34. The first kappa shape index (κ1) is 16.3. The maximum absolute atomic E-state index is 12.0. The van der Waals surface area contributed by atoms with Gasteiger partial charge in [-0.15, -0.1) is 0 Å². The fraction of sp³-hybridized carbons (Fsp3) is 0.533. The molecule has 5 heteroatoms. The van der Waals surface area contributed by atoms with Gasteiger partial charge in [0.2, 0.25) is 0 Å². The minimum atomic E-state index is -0.578. The highest BCUT2D eigenvalue weighted by molar-refractivity contribution is 5.99. The van der Waals surface area contributed by atoms with Gasteiger partial charge in [-0.1, -0.05) is 20.8 Å². The number of carbonyl (C=O) groups is 1. The Morgan fingerprint density at radius 3 is 2.65 bits per heavy atom. The molecule has 0 saturated carbocycles. The largest absolute Gasteiger partial charge is 0.497 e. The number of aliphatic hydroxyl groups excluding tert-OH is 1. The van der Waals surface area contributed by atoms with Gasteiger partial charge in [0.15, 0.2) is 0 Å². The first-order chi connectivity index (χ1) is 9.23. The summed E-state index contributed by atoms with van der Waals surface area (Å²) in [7, 11) is 1.53. The molecule has 0 aromatic heterocycles. The number of hydrogen-bond donors (Lipinski definition) is 3. The number of ether oxygens (including phenoxy) is 1. The molecule has 0 aliphatic rings. The van der Waals surface area contributed by atoms with E-state index in [1.165, 1.54) is 7.11 Å². The molecule has 0 fully saturated rings. The van der Waals surface area contributed by atoms with E-state index in [0.29, 0.717) is 23.4 Å². The molecule has 0 saturated heterocycles. The van der Waals surface area contributed by atoms with Crippen molar-refractivity contribution in [3.05, 3.63) is 23.8 Å². The maximum atomic E-state index is 12.0. The number of nitrogen functional groups attached to an aromatic ring is 1. The van der Waals surface area contributed by atoms with Crippen LogP contribution in [0.5, 0.6) is 5.75 Å². The third-order valence-corrected chi connectivity index (χ3v) is 2.85. The molecule has 0 radical (unpaired) electrons. The lowest BCUT2D eigenvalue weighted by atomic mass is 9.89. The highest BCUT2D eigenvalue weighted by atomic mass is 16.5. The quantitative estimate of drug-likeness (QED) is 0.718. The van der Waals surface area contributed by atoms with Crippen molar-refractivity contribution >= 4 is 11.6 Å². The van der Waals surface area contributed by atoms with E-state index in [0.717, 1.165) is 0 Å². The zero-order valence-electron chi connectivity index (χ0n) is 12.6. The van der Waals surface area contributed by atoms with Crippen molar-refractivity contribution in [3.63, 3.8) is 0 Å². The summed E-state index contributed by atoms with van der Waals surface area (Å²) in [5.41, 5.74) is 6.52. The van der Waals surface area contributed by atoms with Gasteiger partial charge in [-0.05, 0) is 30.0 Å². The van der Waals surface area contributed by atoms with Gasteiger partial charge in [0, 0.05) is 12.2 Å². The molecule has 0 spiro atoms. The number of rotatable bonds is 5. The van der Waals surface area contributed by atoms with Gasteiger partial charge in [0.1, 0.15) is 5.75 Å². The number of nitrogens with two attached hydrogens (primary N) is 1. The van der Waals surface area contributed by atoms with Crippen LogP contribution in [0.2, 0.25) is 0 Å². The Balaban J connectivity index is 2.63. The Hall–Kier alpha value is -1.75. The maximum Gasteiger partial charge on any atom is 0.253 e. The van der Waals surface area contributed by atoms with E-state index in [1.54, 1.807) is 18.2 Å². The highest BCUT2D eigenvalue weighted by Crippen LogP contribution is 2.21.